The third kappa shape index (κ3) is 5.01. The van der Waals surface area contributed by atoms with Crippen LogP contribution in [0.2, 0.25) is 0 Å². The first-order valence-electron chi connectivity index (χ1n) is 13.0. The fourth-order valence-corrected chi connectivity index (χ4v) is 5.33. The van der Waals surface area contributed by atoms with E-state index in [1.807, 2.05) is 31.3 Å². The standard InChI is InChI=1S/C29H31N5O5/c1-17(2)39-29(38)31-25-13-18(3)34(19(4)35)26-10-9-20(14-24(25)26)21-15-30-32(16-21)11-12-33-27(36)22-7-5-6-8-23(22)28(33)37/h5-10,14-18,25H,11-13H2,1-4H3,(H,31,38)/t18-,25+/m0/s1. The number of aromatic nitrogens is 2. The predicted octanol–water partition coefficient (Wildman–Crippen LogP) is 4.17. The first-order valence-corrected chi connectivity index (χ1v) is 13.0. The Hall–Kier alpha value is -4.47. The van der Waals surface area contributed by atoms with E-state index < -0.39 is 6.09 Å². The molecular formula is C29H31N5O5. The minimum absolute atomic E-state index is 0.0688. The lowest BCUT2D eigenvalue weighted by Gasteiger charge is -2.39. The van der Waals surface area contributed by atoms with Gasteiger partial charge in [0.25, 0.3) is 11.8 Å². The maximum absolute atomic E-state index is 12.7. The molecule has 0 unspecified atom stereocenters. The van der Waals surface area contributed by atoms with Crippen molar-refractivity contribution in [2.24, 2.45) is 0 Å². The Morgan fingerprint density at radius 3 is 2.38 bits per heavy atom. The van der Waals surface area contributed by atoms with Crippen molar-refractivity contribution in [3.8, 4) is 11.1 Å². The van der Waals surface area contributed by atoms with E-state index in [4.69, 9.17) is 4.74 Å². The molecule has 2 aliphatic heterocycles. The normalized spacial score (nSPS) is 18.3. The van der Waals surface area contributed by atoms with E-state index in [0.29, 0.717) is 24.1 Å². The highest BCUT2D eigenvalue weighted by atomic mass is 16.6. The molecule has 3 aromatic rings. The Labute approximate surface area is 226 Å². The number of alkyl carbamates (subject to hydrolysis) is 1. The van der Waals surface area contributed by atoms with Gasteiger partial charge in [0.15, 0.2) is 0 Å². The average Bonchev–Trinajstić information content (AvgIpc) is 3.45. The number of hydrogen-bond acceptors (Lipinski definition) is 6. The Kier molecular flexibility index (Phi) is 6.94. The molecule has 0 radical (unpaired) electrons. The van der Waals surface area contributed by atoms with Crippen molar-refractivity contribution in [1.29, 1.82) is 0 Å². The Morgan fingerprint density at radius 2 is 1.74 bits per heavy atom. The van der Waals surface area contributed by atoms with Gasteiger partial charge < -0.3 is 15.0 Å². The topological polar surface area (TPSA) is 114 Å². The molecule has 0 fully saturated rings. The molecular weight excluding hydrogens is 498 g/mol. The van der Waals surface area contributed by atoms with Crippen molar-refractivity contribution in [1.82, 2.24) is 20.0 Å². The zero-order valence-corrected chi connectivity index (χ0v) is 22.4. The van der Waals surface area contributed by atoms with Gasteiger partial charge >= 0.3 is 6.09 Å². The molecule has 0 aliphatic carbocycles. The summed E-state index contributed by atoms with van der Waals surface area (Å²) < 4.78 is 7.00. The summed E-state index contributed by atoms with van der Waals surface area (Å²) in [5, 5.41) is 7.39. The van der Waals surface area contributed by atoms with Crippen LogP contribution in [0.1, 0.15) is 66.4 Å². The molecule has 1 N–H and O–H groups in total. The van der Waals surface area contributed by atoms with Crippen LogP contribution in [0, 0.1) is 0 Å². The number of fused-ring (bicyclic) bond motifs is 2. The van der Waals surface area contributed by atoms with Gasteiger partial charge in [-0.05, 0) is 62.6 Å². The van der Waals surface area contributed by atoms with E-state index >= 15 is 0 Å². The first-order chi connectivity index (χ1) is 18.6. The fourth-order valence-electron chi connectivity index (χ4n) is 5.33. The molecule has 3 heterocycles. The SMILES string of the molecule is CC(=O)N1c2ccc(-c3cnn(CCN4C(=O)c5ccccc5C4=O)c3)cc2[C@H](NC(=O)OC(C)C)C[C@@H]1C. The molecule has 1 aromatic heterocycles. The van der Waals surface area contributed by atoms with E-state index in [1.54, 1.807) is 53.9 Å². The number of amides is 4. The summed E-state index contributed by atoms with van der Waals surface area (Å²) in [6.45, 7) is 7.62. The van der Waals surface area contributed by atoms with Gasteiger partial charge in [0.05, 0.1) is 36.0 Å². The summed E-state index contributed by atoms with van der Waals surface area (Å²) in [5.41, 5.74) is 4.11. The van der Waals surface area contributed by atoms with Gasteiger partial charge in [-0.1, -0.05) is 18.2 Å². The number of nitrogens with zero attached hydrogens (tertiary/aromatic N) is 4. The summed E-state index contributed by atoms with van der Waals surface area (Å²) in [4.78, 5) is 53.2. The van der Waals surface area contributed by atoms with Crippen LogP contribution >= 0.6 is 0 Å². The smallest absolute Gasteiger partial charge is 0.407 e. The summed E-state index contributed by atoms with van der Waals surface area (Å²) in [7, 11) is 0. The van der Waals surface area contributed by atoms with E-state index in [2.05, 4.69) is 10.4 Å². The lowest BCUT2D eigenvalue weighted by Crippen LogP contribution is -2.45. The molecule has 10 heteroatoms. The quantitative estimate of drug-likeness (QED) is 0.480. The van der Waals surface area contributed by atoms with Crippen LogP contribution in [0.4, 0.5) is 10.5 Å². The van der Waals surface area contributed by atoms with E-state index in [1.165, 1.54) is 11.8 Å². The number of carbonyl (C=O) groups excluding carboxylic acids is 4. The number of carbonyl (C=O) groups is 4. The number of rotatable bonds is 6. The third-order valence-corrected chi connectivity index (χ3v) is 7.05. The summed E-state index contributed by atoms with van der Waals surface area (Å²) in [5.74, 6) is -0.659. The van der Waals surface area contributed by atoms with Gasteiger partial charge in [0, 0.05) is 37.0 Å². The molecule has 202 valence electrons. The van der Waals surface area contributed by atoms with Gasteiger partial charge in [-0.25, -0.2) is 4.79 Å². The number of nitrogens with one attached hydrogen (secondary N) is 1. The molecule has 39 heavy (non-hydrogen) atoms. The molecule has 5 rings (SSSR count). The van der Waals surface area contributed by atoms with Gasteiger partial charge in [0.1, 0.15) is 0 Å². The molecule has 0 saturated carbocycles. The van der Waals surface area contributed by atoms with Crippen LogP contribution in [0.15, 0.2) is 54.9 Å². The number of anilines is 1. The molecule has 0 saturated heterocycles. The van der Waals surface area contributed by atoms with Gasteiger partial charge in [0.2, 0.25) is 5.91 Å². The Balaban J connectivity index is 1.36. The largest absolute Gasteiger partial charge is 0.447 e. The second-order valence-electron chi connectivity index (χ2n) is 10.2. The zero-order chi connectivity index (χ0) is 27.8. The van der Waals surface area contributed by atoms with Gasteiger partial charge in [-0.2, -0.15) is 5.10 Å². The zero-order valence-electron chi connectivity index (χ0n) is 22.4. The second-order valence-corrected chi connectivity index (χ2v) is 10.2. The molecule has 2 aliphatic rings. The van der Waals surface area contributed by atoms with Crippen molar-refractivity contribution in [2.75, 3.05) is 11.4 Å². The number of hydrogen-bond donors (Lipinski definition) is 1. The maximum Gasteiger partial charge on any atom is 0.407 e. The van der Waals surface area contributed by atoms with Crippen molar-refractivity contribution in [2.45, 2.75) is 58.8 Å². The lowest BCUT2D eigenvalue weighted by molar-refractivity contribution is -0.117. The highest BCUT2D eigenvalue weighted by molar-refractivity contribution is 6.21. The highest BCUT2D eigenvalue weighted by Gasteiger charge is 2.35. The molecule has 4 amide bonds. The average molecular weight is 530 g/mol. The number of imide groups is 1. The third-order valence-electron chi connectivity index (χ3n) is 7.05. The molecule has 0 bridgehead atoms. The minimum atomic E-state index is -0.504. The monoisotopic (exact) mass is 529 g/mol. The second kappa shape index (κ2) is 10.4. The summed E-state index contributed by atoms with van der Waals surface area (Å²) in [6, 6.07) is 12.2. The Bertz CT molecular complexity index is 1430. The van der Waals surface area contributed by atoms with Crippen LogP contribution in [-0.4, -0.2) is 57.2 Å². The van der Waals surface area contributed by atoms with Crippen LogP contribution in [0.3, 0.4) is 0 Å². The van der Waals surface area contributed by atoms with Crippen molar-refractivity contribution < 1.29 is 23.9 Å². The van der Waals surface area contributed by atoms with Crippen molar-refractivity contribution >= 4 is 29.5 Å². The lowest BCUT2D eigenvalue weighted by atomic mass is 9.89. The summed E-state index contributed by atoms with van der Waals surface area (Å²) in [6.07, 6.45) is 3.35. The number of ether oxygens (including phenoxy) is 1. The first kappa shape index (κ1) is 26.1. The molecule has 2 atom stereocenters. The van der Waals surface area contributed by atoms with Crippen molar-refractivity contribution in [3.63, 3.8) is 0 Å². The molecule has 2 aromatic carbocycles. The van der Waals surface area contributed by atoms with Crippen LogP contribution in [-0.2, 0) is 16.1 Å². The van der Waals surface area contributed by atoms with E-state index in [0.717, 1.165) is 22.4 Å². The summed E-state index contributed by atoms with van der Waals surface area (Å²) >= 11 is 0. The minimum Gasteiger partial charge on any atom is -0.447 e. The molecule has 0 spiro atoms. The molecule has 10 nitrogen and oxygen atoms in total. The van der Waals surface area contributed by atoms with Gasteiger partial charge in [-0.15, -0.1) is 0 Å². The Morgan fingerprint density at radius 1 is 1.05 bits per heavy atom. The van der Waals surface area contributed by atoms with Gasteiger partial charge in [-0.3, -0.25) is 24.0 Å². The van der Waals surface area contributed by atoms with Crippen LogP contribution in [0.25, 0.3) is 11.1 Å². The van der Waals surface area contributed by atoms with Crippen LogP contribution < -0.4 is 10.2 Å². The maximum atomic E-state index is 12.7. The van der Waals surface area contributed by atoms with E-state index in [-0.39, 0.29) is 42.5 Å². The predicted molar refractivity (Wildman–Crippen MR) is 144 cm³/mol. The number of benzene rings is 2. The van der Waals surface area contributed by atoms with Crippen molar-refractivity contribution in [3.05, 3.63) is 71.5 Å². The van der Waals surface area contributed by atoms with Crippen LogP contribution in [0.5, 0.6) is 0 Å². The highest BCUT2D eigenvalue weighted by Crippen LogP contribution is 2.39. The van der Waals surface area contributed by atoms with E-state index in [9.17, 15) is 19.2 Å². The fraction of sp³-hybridized carbons (Fsp3) is 0.345.